The van der Waals surface area contributed by atoms with Crippen LogP contribution in [0.3, 0.4) is 0 Å². The molecule has 0 N–H and O–H groups in total. The second-order valence-corrected chi connectivity index (χ2v) is 5.75. The molecule has 0 amide bonds. The lowest BCUT2D eigenvalue weighted by Crippen LogP contribution is -2.07. The zero-order chi connectivity index (χ0) is 14.6. The summed E-state index contributed by atoms with van der Waals surface area (Å²) < 4.78 is 38.5. The molecule has 0 heterocycles. The van der Waals surface area contributed by atoms with Crippen LogP contribution in [0.15, 0.2) is 12.1 Å². The van der Waals surface area contributed by atoms with Crippen LogP contribution in [0.2, 0.25) is 5.02 Å². The maximum Gasteiger partial charge on any atom is 0.241 e. The summed E-state index contributed by atoms with van der Waals surface area (Å²) in [7, 11) is 0. The molecule has 108 valence electrons. The van der Waals surface area contributed by atoms with Crippen molar-refractivity contribution in [3.63, 3.8) is 0 Å². The summed E-state index contributed by atoms with van der Waals surface area (Å²) in [5.74, 6) is -0.917. The molecule has 0 aromatic heterocycles. The van der Waals surface area contributed by atoms with Gasteiger partial charge in [-0.25, -0.2) is 13.2 Å². The molecule has 1 aromatic rings. The van der Waals surface area contributed by atoms with Gasteiger partial charge in [0.1, 0.15) is 5.82 Å². The number of hydrogen-bond acceptors (Lipinski definition) is 0. The van der Waals surface area contributed by atoms with E-state index in [-0.39, 0.29) is 16.8 Å². The molecule has 19 heavy (non-hydrogen) atoms. The Balaban J connectivity index is 2.69. The van der Waals surface area contributed by atoms with Gasteiger partial charge in [0.05, 0.1) is 5.02 Å². The van der Waals surface area contributed by atoms with Gasteiger partial charge in [-0.1, -0.05) is 38.4 Å². The third-order valence-electron chi connectivity index (χ3n) is 3.29. The summed E-state index contributed by atoms with van der Waals surface area (Å²) in [6, 6.07) is 3.38. The van der Waals surface area contributed by atoms with Crippen LogP contribution >= 0.6 is 11.6 Å². The monoisotopic (exact) mass is 292 g/mol. The lowest BCUT2D eigenvalue weighted by Gasteiger charge is -2.13. The van der Waals surface area contributed by atoms with E-state index in [4.69, 9.17) is 11.6 Å². The standard InChI is InChI=1S/C15H20ClF3/c1-9(2)12-7-11(8-13(16)14(12)17)6-4-5-10(3)15(18)19/h7-10,15H,4-6H2,1-3H3/t10-/m0/s1. The normalized spacial score (nSPS) is 13.3. The Morgan fingerprint density at radius 1 is 1.16 bits per heavy atom. The van der Waals surface area contributed by atoms with Gasteiger partial charge in [-0.2, -0.15) is 0 Å². The SMILES string of the molecule is CC(C)c1cc(CCC[C@H](C)C(F)F)cc(Cl)c1F. The van der Waals surface area contributed by atoms with E-state index >= 15 is 0 Å². The predicted molar refractivity (Wildman–Crippen MR) is 73.6 cm³/mol. The van der Waals surface area contributed by atoms with Gasteiger partial charge >= 0.3 is 0 Å². The van der Waals surface area contributed by atoms with Crippen molar-refractivity contribution in [3.8, 4) is 0 Å². The van der Waals surface area contributed by atoms with Gasteiger partial charge in [0.2, 0.25) is 6.43 Å². The summed E-state index contributed by atoms with van der Waals surface area (Å²) in [4.78, 5) is 0. The molecule has 0 aliphatic carbocycles. The molecule has 0 aliphatic rings. The van der Waals surface area contributed by atoms with Crippen molar-refractivity contribution in [2.75, 3.05) is 0 Å². The summed E-state index contributed by atoms with van der Waals surface area (Å²) in [6.45, 7) is 5.34. The highest BCUT2D eigenvalue weighted by Gasteiger charge is 2.15. The molecule has 0 aliphatic heterocycles. The first-order chi connectivity index (χ1) is 8.82. The number of alkyl halides is 2. The van der Waals surface area contributed by atoms with Crippen LogP contribution in [-0.2, 0) is 6.42 Å². The van der Waals surface area contributed by atoms with Gasteiger partial charge in [-0.3, -0.25) is 0 Å². The Morgan fingerprint density at radius 2 is 1.79 bits per heavy atom. The molecule has 0 unspecified atom stereocenters. The van der Waals surface area contributed by atoms with Crippen molar-refractivity contribution in [2.45, 2.75) is 52.4 Å². The first kappa shape index (κ1) is 16.4. The minimum atomic E-state index is -2.27. The van der Waals surface area contributed by atoms with Crippen molar-refractivity contribution >= 4 is 11.6 Å². The molecule has 0 saturated heterocycles. The molecule has 0 spiro atoms. The number of rotatable bonds is 6. The van der Waals surface area contributed by atoms with Crippen molar-refractivity contribution in [1.29, 1.82) is 0 Å². The van der Waals surface area contributed by atoms with Gasteiger partial charge in [0.25, 0.3) is 0 Å². The van der Waals surface area contributed by atoms with Crippen molar-refractivity contribution < 1.29 is 13.2 Å². The zero-order valence-electron chi connectivity index (χ0n) is 11.5. The first-order valence-corrected chi connectivity index (χ1v) is 6.96. The van der Waals surface area contributed by atoms with E-state index in [9.17, 15) is 13.2 Å². The molecular formula is C15H20ClF3. The molecule has 4 heteroatoms. The quantitative estimate of drug-likeness (QED) is 0.619. The average molecular weight is 293 g/mol. The molecule has 0 nitrogen and oxygen atoms in total. The maximum atomic E-state index is 13.8. The molecule has 1 rings (SSSR count). The van der Waals surface area contributed by atoms with Gasteiger partial charge in [0.15, 0.2) is 0 Å². The third-order valence-corrected chi connectivity index (χ3v) is 3.57. The minimum Gasteiger partial charge on any atom is -0.210 e. The van der Waals surface area contributed by atoms with Gasteiger partial charge in [-0.15, -0.1) is 0 Å². The molecular weight excluding hydrogens is 273 g/mol. The summed E-state index contributed by atoms with van der Waals surface area (Å²) in [6.07, 6.45) is -0.506. The lowest BCUT2D eigenvalue weighted by molar-refractivity contribution is 0.0809. The Morgan fingerprint density at radius 3 is 2.32 bits per heavy atom. The summed E-state index contributed by atoms with van der Waals surface area (Å²) in [5.41, 5.74) is 1.50. The molecule has 1 atom stereocenters. The zero-order valence-corrected chi connectivity index (χ0v) is 12.3. The average Bonchev–Trinajstić information content (AvgIpc) is 2.32. The number of benzene rings is 1. The topological polar surface area (TPSA) is 0 Å². The van der Waals surface area contributed by atoms with Crippen LogP contribution in [0.5, 0.6) is 0 Å². The second kappa shape index (κ2) is 7.18. The van der Waals surface area contributed by atoms with E-state index in [1.807, 2.05) is 13.8 Å². The van der Waals surface area contributed by atoms with E-state index < -0.39 is 12.3 Å². The van der Waals surface area contributed by atoms with E-state index in [0.29, 0.717) is 24.8 Å². The Kier molecular flexibility index (Phi) is 6.18. The van der Waals surface area contributed by atoms with Crippen molar-refractivity contribution in [3.05, 3.63) is 34.1 Å². The Hall–Kier alpha value is -0.700. The number of halogens is 4. The van der Waals surface area contributed by atoms with Gasteiger partial charge in [0, 0.05) is 5.92 Å². The molecule has 0 saturated carbocycles. The van der Waals surface area contributed by atoms with Crippen LogP contribution in [0, 0.1) is 11.7 Å². The fraction of sp³-hybridized carbons (Fsp3) is 0.600. The highest BCUT2D eigenvalue weighted by atomic mass is 35.5. The van der Waals surface area contributed by atoms with Crippen LogP contribution in [0.4, 0.5) is 13.2 Å². The molecule has 0 fully saturated rings. The van der Waals surface area contributed by atoms with Gasteiger partial charge < -0.3 is 0 Å². The van der Waals surface area contributed by atoms with Gasteiger partial charge in [-0.05, 0) is 42.4 Å². The number of hydrogen-bond donors (Lipinski definition) is 0. The highest BCUT2D eigenvalue weighted by Crippen LogP contribution is 2.27. The van der Waals surface area contributed by atoms with E-state index in [0.717, 1.165) is 5.56 Å². The smallest absolute Gasteiger partial charge is 0.210 e. The first-order valence-electron chi connectivity index (χ1n) is 6.58. The third kappa shape index (κ3) is 4.72. The fourth-order valence-electron chi connectivity index (χ4n) is 1.99. The molecule has 0 radical (unpaired) electrons. The lowest BCUT2D eigenvalue weighted by atomic mass is 9.96. The Bertz CT molecular complexity index is 416. The predicted octanol–water partition coefficient (Wildman–Crippen LogP) is 5.83. The highest BCUT2D eigenvalue weighted by molar-refractivity contribution is 6.30. The largest absolute Gasteiger partial charge is 0.241 e. The van der Waals surface area contributed by atoms with Crippen LogP contribution in [0.25, 0.3) is 0 Å². The minimum absolute atomic E-state index is 0.0532. The molecule has 0 bridgehead atoms. The van der Waals surface area contributed by atoms with E-state index in [2.05, 4.69) is 0 Å². The van der Waals surface area contributed by atoms with Crippen LogP contribution < -0.4 is 0 Å². The maximum absolute atomic E-state index is 13.8. The second-order valence-electron chi connectivity index (χ2n) is 5.34. The van der Waals surface area contributed by atoms with Crippen molar-refractivity contribution in [2.24, 2.45) is 5.92 Å². The molecule has 1 aromatic carbocycles. The summed E-state index contributed by atoms with van der Waals surface area (Å²) >= 11 is 5.86. The van der Waals surface area contributed by atoms with E-state index in [1.165, 1.54) is 0 Å². The van der Waals surface area contributed by atoms with Crippen molar-refractivity contribution in [1.82, 2.24) is 0 Å². The number of aryl methyl sites for hydroxylation is 1. The van der Waals surface area contributed by atoms with Crippen LogP contribution in [-0.4, -0.2) is 6.43 Å². The summed E-state index contributed by atoms with van der Waals surface area (Å²) in [5, 5.41) is 0.114. The fourth-order valence-corrected chi connectivity index (χ4v) is 2.24. The van der Waals surface area contributed by atoms with E-state index in [1.54, 1.807) is 19.1 Å². The van der Waals surface area contributed by atoms with Crippen LogP contribution in [0.1, 0.15) is 50.7 Å². The Labute approximate surface area is 118 Å².